The molecule has 3 aromatic rings. The highest BCUT2D eigenvalue weighted by Crippen LogP contribution is 2.19. The van der Waals surface area contributed by atoms with Crippen molar-refractivity contribution in [3.05, 3.63) is 94.4 Å². The maximum atomic E-state index is 12.5. The van der Waals surface area contributed by atoms with E-state index < -0.39 is 11.5 Å². The molecule has 0 saturated heterocycles. The van der Waals surface area contributed by atoms with Gasteiger partial charge in [0.05, 0.1) is 6.04 Å². The van der Waals surface area contributed by atoms with E-state index in [0.29, 0.717) is 12.0 Å². The molecule has 3 rings (SSSR count). The molecule has 1 aromatic heterocycles. The summed E-state index contributed by atoms with van der Waals surface area (Å²) in [6.07, 6.45) is 2.34. The molecule has 0 aliphatic carbocycles. The first kappa shape index (κ1) is 16.7. The molecule has 4 heteroatoms. The van der Waals surface area contributed by atoms with E-state index in [1.54, 1.807) is 12.1 Å². The number of amides is 1. The third kappa shape index (κ3) is 3.53. The number of fused-ring (bicyclic) bond motifs is 1. The van der Waals surface area contributed by atoms with E-state index in [0.717, 1.165) is 16.5 Å². The van der Waals surface area contributed by atoms with Crippen LogP contribution in [0.4, 0.5) is 0 Å². The van der Waals surface area contributed by atoms with Gasteiger partial charge in [0.1, 0.15) is 11.1 Å². The van der Waals surface area contributed by atoms with Gasteiger partial charge in [-0.05, 0) is 30.5 Å². The van der Waals surface area contributed by atoms with Crippen molar-refractivity contribution in [2.24, 2.45) is 0 Å². The van der Waals surface area contributed by atoms with Crippen LogP contribution in [0.2, 0.25) is 0 Å². The molecule has 25 heavy (non-hydrogen) atoms. The molecule has 0 spiro atoms. The van der Waals surface area contributed by atoms with Gasteiger partial charge in [-0.25, -0.2) is 4.79 Å². The van der Waals surface area contributed by atoms with Crippen molar-refractivity contribution in [3.63, 3.8) is 0 Å². The highest BCUT2D eigenvalue weighted by Gasteiger charge is 2.17. The van der Waals surface area contributed by atoms with E-state index in [9.17, 15) is 9.59 Å². The van der Waals surface area contributed by atoms with Crippen LogP contribution in [0.3, 0.4) is 0 Å². The summed E-state index contributed by atoms with van der Waals surface area (Å²) in [5, 5.41) is 3.56. The Labute approximate surface area is 145 Å². The quantitative estimate of drug-likeness (QED) is 0.567. The standard InChI is InChI=1S/C21H19NO3/c1-3-8-16-11-7-12-17-13-18(21(24)25-19(16)17)20(23)22-14(2)15-9-5-4-6-10-15/h3-7,9-14H,1,8H2,2H3,(H,22,23)/t14-/m1/s1. The third-order valence-electron chi connectivity index (χ3n) is 4.10. The van der Waals surface area contributed by atoms with Gasteiger partial charge in [-0.1, -0.05) is 54.6 Å². The average Bonchev–Trinajstić information content (AvgIpc) is 2.62. The Balaban J connectivity index is 1.93. The fourth-order valence-electron chi connectivity index (χ4n) is 2.78. The molecule has 0 aliphatic rings. The lowest BCUT2D eigenvalue weighted by Gasteiger charge is -2.14. The monoisotopic (exact) mass is 333 g/mol. The zero-order chi connectivity index (χ0) is 17.8. The largest absolute Gasteiger partial charge is 0.422 e. The summed E-state index contributed by atoms with van der Waals surface area (Å²) in [7, 11) is 0. The number of benzene rings is 2. The second-order valence-corrected chi connectivity index (χ2v) is 5.88. The fraction of sp³-hybridized carbons (Fsp3) is 0.143. The number of hydrogen-bond acceptors (Lipinski definition) is 3. The Morgan fingerprint density at radius 2 is 1.96 bits per heavy atom. The zero-order valence-corrected chi connectivity index (χ0v) is 14.0. The molecule has 1 amide bonds. The minimum Gasteiger partial charge on any atom is -0.422 e. The predicted molar refractivity (Wildman–Crippen MR) is 98.7 cm³/mol. The highest BCUT2D eigenvalue weighted by atomic mass is 16.4. The molecule has 0 fully saturated rings. The second kappa shape index (κ2) is 7.18. The van der Waals surface area contributed by atoms with Crippen LogP contribution in [0.25, 0.3) is 11.0 Å². The Morgan fingerprint density at radius 3 is 2.68 bits per heavy atom. The van der Waals surface area contributed by atoms with Crippen molar-refractivity contribution in [2.75, 3.05) is 0 Å². The molecule has 0 radical (unpaired) electrons. The topological polar surface area (TPSA) is 59.3 Å². The maximum absolute atomic E-state index is 12.5. The summed E-state index contributed by atoms with van der Waals surface area (Å²) >= 11 is 0. The van der Waals surface area contributed by atoms with Crippen molar-refractivity contribution in [3.8, 4) is 0 Å². The first-order valence-corrected chi connectivity index (χ1v) is 8.12. The summed E-state index contributed by atoms with van der Waals surface area (Å²) in [6, 6.07) is 16.5. The first-order chi connectivity index (χ1) is 12.1. The van der Waals surface area contributed by atoms with Gasteiger partial charge >= 0.3 is 5.63 Å². The first-order valence-electron chi connectivity index (χ1n) is 8.12. The Kier molecular flexibility index (Phi) is 4.80. The van der Waals surface area contributed by atoms with Crippen LogP contribution in [0.5, 0.6) is 0 Å². The van der Waals surface area contributed by atoms with E-state index in [-0.39, 0.29) is 11.6 Å². The molecule has 0 aliphatic heterocycles. The highest BCUT2D eigenvalue weighted by molar-refractivity contribution is 5.97. The number of carbonyl (C=O) groups is 1. The van der Waals surface area contributed by atoms with Crippen LogP contribution in [-0.2, 0) is 6.42 Å². The number of hydrogen-bond donors (Lipinski definition) is 1. The van der Waals surface area contributed by atoms with Crippen LogP contribution >= 0.6 is 0 Å². The van der Waals surface area contributed by atoms with Gasteiger partial charge in [-0.2, -0.15) is 0 Å². The maximum Gasteiger partial charge on any atom is 0.349 e. The minimum atomic E-state index is -0.637. The van der Waals surface area contributed by atoms with Gasteiger partial charge in [0.15, 0.2) is 0 Å². The van der Waals surface area contributed by atoms with Gasteiger partial charge < -0.3 is 9.73 Å². The SMILES string of the molecule is C=CCc1cccc2cc(C(=O)N[C@H](C)c3ccccc3)c(=O)oc12. The molecule has 0 bridgehead atoms. The van der Waals surface area contributed by atoms with Crippen molar-refractivity contribution in [1.29, 1.82) is 0 Å². The van der Waals surface area contributed by atoms with E-state index in [1.165, 1.54) is 0 Å². The van der Waals surface area contributed by atoms with Crippen LogP contribution in [-0.4, -0.2) is 5.91 Å². The van der Waals surface area contributed by atoms with Crippen LogP contribution in [0.1, 0.15) is 34.5 Å². The molecule has 1 heterocycles. The van der Waals surface area contributed by atoms with Crippen molar-refractivity contribution in [1.82, 2.24) is 5.32 Å². The Hall–Kier alpha value is -3.14. The lowest BCUT2D eigenvalue weighted by atomic mass is 10.1. The normalized spacial score (nSPS) is 11.9. The zero-order valence-electron chi connectivity index (χ0n) is 14.0. The lowest BCUT2D eigenvalue weighted by Crippen LogP contribution is -2.30. The lowest BCUT2D eigenvalue weighted by molar-refractivity contribution is 0.0936. The molecular formula is C21H19NO3. The smallest absolute Gasteiger partial charge is 0.349 e. The van der Waals surface area contributed by atoms with Gasteiger partial charge in [-0.15, -0.1) is 6.58 Å². The van der Waals surface area contributed by atoms with Gasteiger partial charge in [0.25, 0.3) is 5.91 Å². The average molecular weight is 333 g/mol. The number of nitrogens with one attached hydrogen (secondary N) is 1. The van der Waals surface area contributed by atoms with E-state index >= 15 is 0 Å². The summed E-state index contributed by atoms with van der Waals surface area (Å²) in [4.78, 5) is 24.8. The predicted octanol–water partition coefficient (Wildman–Crippen LogP) is 4.01. The van der Waals surface area contributed by atoms with Crippen molar-refractivity contribution in [2.45, 2.75) is 19.4 Å². The molecule has 0 saturated carbocycles. The number of rotatable bonds is 5. The van der Waals surface area contributed by atoms with Gasteiger partial charge in [0.2, 0.25) is 0 Å². The minimum absolute atomic E-state index is 0.00559. The van der Waals surface area contributed by atoms with E-state index in [1.807, 2.05) is 55.5 Å². The molecular weight excluding hydrogens is 314 g/mol. The van der Waals surface area contributed by atoms with Crippen LogP contribution < -0.4 is 10.9 Å². The van der Waals surface area contributed by atoms with Crippen molar-refractivity contribution >= 4 is 16.9 Å². The molecule has 1 N–H and O–H groups in total. The van der Waals surface area contributed by atoms with E-state index in [4.69, 9.17) is 4.42 Å². The molecule has 0 unspecified atom stereocenters. The number of allylic oxidation sites excluding steroid dienone is 1. The molecule has 4 nitrogen and oxygen atoms in total. The molecule has 2 aromatic carbocycles. The summed E-state index contributed by atoms with van der Waals surface area (Å²) in [5.41, 5.74) is 1.70. The summed E-state index contributed by atoms with van der Waals surface area (Å²) in [6.45, 7) is 5.58. The number of para-hydroxylation sites is 1. The van der Waals surface area contributed by atoms with Gasteiger partial charge in [0, 0.05) is 5.39 Å². The number of carbonyl (C=O) groups excluding carboxylic acids is 1. The fourth-order valence-corrected chi connectivity index (χ4v) is 2.78. The van der Waals surface area contributed by atoms with Crippen LogP contribution in [0.15, 0.2) is 76.5 Å². The van der Waals surface area contributed by atoms with Crippen molar-refractivity contribution < 1.29 is 9.21 Å². The van der Waals surface area contributed by atoms with E-state index in [2.05, 4.69) is 11.9 Å². The van der Waals surface area contributed by atoms with Crippen LogP contribution in [0, 0.1) is 0 Å². The Bertz CT molecular complexity index is 973. The summed E-state index contributed by atoms with van der Waals surface area (Å²) < 4.78 is 5.42. The van der Waals surface area contributed by atoms with Gasteiger partial charge in [-0.3, -0.25) is 4.79 Å². The molecule has 126 valence electrons. The second-order valence-electron chi connectivity index (χ2n) is 5.88. The summed E-state index contributed by atoms with van der Waals surface area (Å²) in [5.74, 6) is -0.443. The Morgan fingerprint density at radius 1 is 1.20 bits per heavy atom. The third-order valence-corrected chi connectivity index (χ3v) is 4.10. The molecule has 1 atom stereocenters.